The van der Waals surface area contributed by atoms with Gasteiger partial charge in [0.05, 0.1) is 29.4 Å². The van der Waals surface area contributed by atoms with E-state index in [0.29, 0.717) is 22.1 Å². The van der Waals surface area contributed by atoms with Crippen molar-refractivity contribution in [2.75, 3.05) is 30.5 Å². The van der Waals surface area contributed by atoms with Gasteiger partial charge in [0.25, 0.3) is 5.91 Å². The summed E-state index contributed by atoms with van der Waals surface area (Å²) in [5.74, 6) is -1.44. The summed E-state index contributed by atoms with van der Waals surface area (Å²) >= 11 is 9.33. The number of carbonyl (C=O) groups excluding carboxylic acids is 3. The van der Waals surface area contributed by atoms with Crippen molar-refractivity contribution in [1.82, 2.24) is 0 Å². The highest BCUT2D eigenvalue weighted by atomic mass is 79.9. The number of methoxy groups -OCH3 is 1. The molecular weight excluding hydrogens is 464 g/mol. The highest BCUT2D eigenvalue weighted by Gasteiger charge is 2.37. The third-order valence-electron chi connectivity index (χ3n) is 4.39. The van der Waals surface area contributed by atoms with Crippen LogP contribution in [0, 0.1) is 5.92 Å². The first kappa shape index (κ1) is 21.1. The van der Waals surface area contributed by atoms with Crippen LogP contribution in [0.15, 0.2) is 46.9 Å². The number of esters is 1. The number of benzene rings is 2. The smallest absolute Gasteiger partial charge is 0.311 e. The third-order valence-corrected chi connectivity index (χ3v) is 5.19. The molecule has 0 bridgehead atoms. The molecule has 2 aromatic rings. The molecule has 0 aromatic heterocycles. The van der Waals surface area contributed by atoms with Crippen molar-refractivity contribution in [3.63, 3.8) is 0 Å². The van der Waals surface area contributed by atoms with Gasteiger partial charge in [0.2, 0.25) is 5.91 Å². The van der Waals surface area contributed by atoms with E-state index in [1.54, 1.807) is 42.5 Å². The highest BCUT2D eigenvalue weighted by Crippen LogP contribution is 2.33. The molecule has 7 nitrogen and oxygen atoms in total. The third kappa shape index (κ3) is 5.07. The first-order valence-electron chi connectivity index (χ1n) is 8.74. The number of anilines is 2. The first-order valence-corrected chi connectivity index (χ1v) is 9.91. The Labute approximate surface area is 181 Å². The number of rotatable bonds is 6. The molecule has 1 fully saturated rings. The van der Waals surface area contributed by atoms with Gasteiger partial charge in [-0.1, -0.05) is 39.7 Å². The molecular formula is C20H18BrClN2O5. The number of para-hydroxylation sites is 2. The monoisotopic (exact) mass is 480 g/mol. The van der Waals surface area contributed by atoms with E-state index in [-0.39, 0.29) is 18.9 Å². The van der Waals surface area contributed by atoms with Crippen LogP contribution in [0.25, 0.3) is 0 Å². The van der Waals surface area contributed by atoms with E-state index >= 15 is 0 Å². The van der Waals surface area contributed by atoms with E-state index in [1.165, 1.54) is 12.0 Å². The van der Waals surface area contributed by atoms with Crippen LogP contribution in [-0.4, -0.2) is 38.0 Å². The van der Waals surface area contributed by atoms with Gasteiger partial charge >= 0.3 is 5.97 Å². The first-order chi connectivity index (χ1) is 13.9. The molecule has 0 unspecified atom stereocenters. The molecule has 9 heteroatoms. The van der Waals surface area contributed by atoms with Crippen molar-refractivity contribution in [2.45, 2.75) is 6.42 Å². The zero-order valence-corrected chi connectivity index (χ0v) is 17.8. The van der Waals surface area contributed by atoms with Crippen molar-refractivity contribution in [3.05, 3.63) is 52.0 Å². The second-order valence-corrected chi connectivity index (χ2v) is 7.68. The van der Waals surface area contributed by atoms with Crippen LogP contribution >= 0.6 is 27.5 Å². The lowest BCUT2D eigenvalue weighted by molar-refractivity contribution is -0.151. The topological polar surface area (TPSA) is 84.9 Å². The summed E-state index contributed by atoms with van der Waals surface area (Å²) in [6.07, 6.45) is 0.0110. The van der Waals surface area contributed by atoms with Gasteiger partial charge in [0.1, 0.15) is 5.75 Å². The molecule has 0 aliphatic carbocycles. The molecule has 1 aliphatic rings. The van der Waals surface area contributed by atoms with Crippen molar-refractivity contribution in [2.24, 2.45) is 5.92 Å². The minimum Gasteiger partial charge on any atom is -0.495 e. The molecule has 29 heavy (non-hydrogen) atoms. The Hall–Kier alpha value is -2.58. The number of halogens is 2. The van der Waals surface area contributed by atoms with Crippen LogP contribution in [0.2, 0.25) is 5.02 Å². The minimum atomic E-state index is -0.656. The largest absolute Gasteiger partial charge is 0.495 e. The number of nitrogens with one attached hydrogen (secondary N) is 1. The zero-order valence-electron chi connectivity index (χ0n) is 15.5. The lowest BCUT2D eigenvalue weighted by atomic mass is 10.1. The molecule has 0 radical (unpaired) electrons. The molecule has 152 valence electrons. The molecule has 1 saturated heterocycles. The number of hydrogen-bond acceptors (Lipinski definition) is 5. The lowest BCUT2D eigenvalue weighted by Crippen LogP contribution is -2.28. The van der Waals surface area contributed by atoms with Gasteiger partial charge in [0.15, 0.2) is 6.61 Å². The Morgan fingerprint density at radius 3 is 2.76 bits per heavy atom. The summed E-state index contributed by atoms with van der Waals surface area (Å²) in [5, 5.41) is 2.93. The Morgan fingerprint density at radius 2 is 2.03 bits per heavy atom. The SMILES string of the molecule is COc1ccccc1N1C[C@@H](C(=O)OCC(=O)Nc2ccc(Br)cc2Cl)CC1=O. The van der Waals surface area contributed by atoms with Gasteiger partial charge in [0, 0.05) is 17.4 Å². The number of hydrogen-bond donors (Lipinski definition) is 1. The van der Waals surface area contributed by atoms with E-state index in [0.717, 1.165) is 4.47 Å². The maximum Gasteiger partial charge on any atom is 0.311 e. The molecule has 0 saturated carbocycles. The van der Waals surface area contributed by atoms with Crippen LogP contribution in [0.4, 0.5) is 11.4 Å². The van der Waals surface area contributed by atoms with Gasteiger partial charge in [-0.05, 0) is 30.3 Å². The molecule has 1 atom stereocenters. The Bertz CT molecular complexity index is 952. The summed E-state index contributed by atoms with van der Waals surface area (Å²) in [6.45, 7) is -0.303. The van der Waals surface area contributed by atoms with Crippen molar-refractivity contribution >= 4 is 56.7 Å². The van der Waals surface area contributed by atoms with Crippen LogP contribution in [0.5, 0.6) is 5.75 Å². The van der Waals surface area contributed by atoms with Gasteiger partial charge < -0.3 is 19.7 Å². The van der Waals surface area contributed by atoms with Crippen LogP contribution in [0.3, 0.4) is 0 Å². The Morgan fingerprint density at radius 1 is 1.28 bits per heavy atom. The molecule has 1 heterocycles. The van der Waals surface area contributed by atoms with Crippen molar-refractivity contribution < 1.29 is 23.9 Å². The van der Waals surface area contributed by atoms with E-state index in [2.05, 4.69) is 21.2 Å². The molecule has 1 N–H and O–H groups in total. The fraction of sp³-hybridized carbons (Fsp3) is 0.250. The van der Waals surface area contributed by atoms with E-state index in [9.17, 15) is 14.4 Å². The average molecular weight is 482 g/mol. The van der Waals surface area contributed by atoms with Crippen molar-refractivity contribution in [3.8, 4) is 5.75 Å². The molecule has 0 spiro atoms. The second kappa shape index (κ2) is 9.28. The molecule has 3 rings (SSSR count). The number of ether oxygens (including phenoxy) is 2. The molecule has 1 aliphatic heterocycles. The van der Waals surface area contributed by atoms with E-state index in [1.807, 2.05) is 0 Å². The van der Waals surface area contributed by atoms with Crippen LogP contribution in [-0.2, 0) is 19.1 Å². The highest BCUT2D eigenvalue weighted by molar-refractivity contribution is 9.10. The van der Waals surface area contributed by atoms with Gasteiger partial charge in [-0.3, -0.25) is 14.4 Å². The standard InChI is InChI=1S/C20H18BrClN2O5/c1-28-17-5-3-2-4-16(17)24-10-12(8-19(24)26)20(27)29-11-18(25)23-15-7-6-13(21)9-14(15)22/h2-7,9,12H,8,10-11H2,1H3,(H,23,25)/t12-/m0/s1. The van der Waals surface area contributed by atoms with Crippen LogP contribution in [0.1, 0.15) is 6.42 Å². The Balaban J connectivity index is 1.56. The summed E-state index contributed by atoms with van der Waals surface area (Å²) in [7, 11) is 1.52. The number of nitrogens with zero attached hydrogens (tertiary/aromatic N) is 1. The fourth-order valence-electron chi connectivity index (χ4n) is 2.98. The Kier molecular flexibility index (Phi) is 6.76. The predicted molar refractivity (Wildman–Crippen MR) is 112 cm³/mol. The lowest BCUT2D eigenvalue weighted by Gasteiger charge is -2.19. The zero-order chi connectivity index (χ0) is 21.0. The quantitative estimate of drug-likeness (QED) is 0.637. The molecule has 2 aromatic carbocycles. The minimum absolute atomic E-state index is 0.0110. The second-order valence-electron chi connectivity index (χ2n) is 6.36. The number of amides is 2. The summed E-state index contributed by atoms with van der Waals surface area (Å²) < 4.78 is 11.2. The maximum absolute atomic E-state index is 12.4. The van der Waals surface area contributed by atoms with Gasteiger partial charge in [-0.15, -0.1) is 0 Å². The van der Waals surface area contributed by atoms with Crippen LogP contribution < -0.4 is 15.0 Å². The number of carbonyl (C=O) groups is 3. The van der Waals surface area contributed by atoms with Gasteiger partial charge in [-0.2, -0.15) is 0 Å². The van der Waals surface area contributed by atoms with Crippen molar-refractivity contribution in [1.29, 1.82) is 0 Å². The molecule has 2 amide bonds. The summed E-state index contributed by atoms with van der Waals surface area (Å²) in [5.41, 5.74) is 1.01. The van der Waals surface area contributed by atoms with E-state index < -0.39 is 24.4 Å². The average Bonchev–Trinajstić information content (AvgIpc) is 3.09. The normalized spacial score (nSPS) is 15.9. The predicted octanol–water partition coefficient (Wildman–Crippen LogP) is 3.65. The van der Waals surface area contributed by atoms with Gasteiger partial charge in [-0.25, -0.2) is 0 Å². The maximum atomic E-state index is 12.4. The summed E-state index contributed by atoms with van der Waals surface area (Å²) in [6, 6.07) is 12.1. The van der Waals surface area contributed by atoms with E-state index in [4.69, 9.17) is 21.1 Å². The summed E-state index contributed by atoms with van der Waals surface area (Å²) in [4.78, 5) is 38.3. The fourth-order valence-corrected chi connectivity index (χ4v) is 3.70.